The van der Waals surface area contributed by atoms with E-state index in [0.29, 0.717) is 10.6 Å². The second-order valence-corrected chi connectivity index (χ2v) is 3.54. The zero-order valence-electron chi connectivity index (χ0n) is 8.16. The smallest absolute Gasteiger partial charge is 0.338 e. The quantitative estimate of drug-likeness (QED) is 0.690. The molecule has 2 rings (SSSR count). The maximum atomic E-state index is 11.5. The molecule has 0 amide bonds. The van der Waals surface area contributed by atoms with E-state index >= 15 is 0 Å². The number of halogens is 1. The van der Waals surface area contributed by atoms with Gasteiger partial charge in [-0.25, -0.2) is 4.79 Å². The van der Waals surface area contributed by atoms with E-state index in [2.05, 4.69) is 0 Å². The third-order valence-corrected chi connectivity index (χ3v) is 2.60. The van der Waals surface area contributed by atoms with Gasteiger partial charge in [0.2, 0.25) is 0 Å². The highest BCUT2D eigenvalue weighted by molar-refractivity contribution is 6.35. The number of ether oxygens (including phenoxy) is 1. The van der Waals surface area contributed by atoms with E-state index in [4.69, 9.17) is 16.3 Å². The van der Waals surface area contributed by atoms with Gasteiger partial charge in [0.05, 0.1) is 12.7 Å². The van der Waals surface area contributed by atoms with Crippen molar-refractivity contribution in [3.63, 3.8) is 0 Å². The van der Waals surface area contributed by atoms with Crippen LogP contribution in [0.5, 0.6) is 0 Å². The minimum atomic E-state index is -0.345. The zero-order chi connectivity index (χ0) is 10.8. The number of fused-ring (bicyclic) bond motifs is 1. The molecule has 0 aliphatic rings. The van der Waals surface area contributed by atoms with Crippen molar-refractivity contribution in [3.05, 3.63) is 47.0 Å². The number of hydrogen-bond acceptors (Lipinski definition) is 2. The summed E-state index contributed by atoms with van der Waals surface area (Å²) >= 11 is 6.02. The Bertz CT molecular complexity index is 520. The van der Waals surface area contributed by atoms with Crippen LogP contribution >= 0.6 is 11.6 Å². The largest absolute Gasteiger partial charge is 0.465 e. The van der Waals surface area contributed by atoms with E-state index in [-0.39, 0.29) is 5.97 Å². The Morgan fingerprint density at radius 3 is 2.53 bits per heavy atom. The third-order valence-electron chi connectivity index (χ3n) is 2.27. The fraction of sp³-hybridized carbons (Fsp3) is 0.0833. The molecule has 0 radical (unpaired) electrons. The van der Waals surface area contributed by atoms with Gasteiger partial charge in [0.1, 0.15) is 0 Å². The second kappa shape index (κ2) is 3.91. The first-order valence-electron chi connectivity index (χ1n) is 4.49. The van der Waals surface area contributed by atoms with Crippen LogP contribution in [-0.4, -0.2) is 13.1 Å². The average Bonchev–Trinajstić information content (AvgIpc) is 2.28. The van der Waals surface area contributed by atoms with Crippen LogP contribution in [0.1, 0.15) is 10.4 Å². The summed E-state index contributed by atoms with van der Waals surface area (Å²) in [6, 6.07) is 10.9. The van der Waals surface area contributed by atoms with E-state index in [1.165, 1.54) is 7.11 Å². The number of carbonyl (C=O) groups is 1. The zero-order valence-corrected chi connectivity index (χ0v) is 8.91. The number of methoxy groups -OCH3 is 1. The van der Waals surface area contributed by atoms with Gasteiger partial charge in [-0.3, -0.25) is 0 Å². The van der Waals surface area contributed by atoms with Crippen LogP contribution in [0.2, 0.25) is 5.02 Å². The molecule has 0 aliphatic heterocycles. The van der Waals surface area contributed by atoms with Gasteiger partial charge in [0.25, 0.3) is 0 Å². The molecule has 15 heavy (non-hydrogen) atoms. The van der Waals surface area contributed by atoms with Crippen molar-refractivity contribution < 1.29 is 9.53 Å². The van der Waals surface area contributed by atoms with E-state index in [1.807, 2.05) is 18.2 Å². The molecule has 3 heteroatoms. The summed E-state index contributed by atoms with van der Waals surface area (Å²) in [7, 11) is 1.37. The number of carbonyl (C=O) groups excluding carboxylic acids is 1. The van der Waals surface area contributed by atoms with Crippen LogP contribution in [-0.2, 0) is 4.74 Å². The number of benzene rings is 2. The molecule has 0 aliphatic carbocycles. The number of esters is 1. The highest BCUT2D eigenvalue weighted by Gasteiger charge is 2.10. The lowest BCUT2D eigenvalue weighted by atomic mass is 10.0. The van der Waals surface area contributed by atoms with E-state index in [9.17, 15) is 4.79 Å². The lowest BCUT2D eigenvalue weighted by Crippen LogP contribution is -2.01. The summed E-state index contributed by atoms with van der Waals surface area (Å²) in [6.45, 7) is 0. The van der Waals surface area contributed by atoms with Crippen LogP contribution < -0.4 is 0 Å². The van der Waals surface area contributed by atoms with E-state index in [0.717, 1.165) is 10.8 Å². The van der Waals surface area contributed by atoms with Gasteiger partial charge in [-0.05, 0) is 17.5 Å². The van der Waals surface area contributed by atoms with Gasteiger partial charge in [-0.15, -0.1) is 0 Å². The average molecular weight is 221 g/mol. The SMILES string of the molecule is COC(=O)c1cccc2c(Cl)cccc12. The van der Waals surface area contributed by atoms with Crippen LogP contribution in [0.25, 0.3) is 10.8 Å². The van der Waals surface area contributed by atoms with Gasteiger partial charge in [0, 0.05) is 10.4 Å². The summed E-state index contributed by atoms with van der Waals surface area (Å²) in [4.78, 5) is 11.5. The molecule has 0 saturated carbocycles. The molecule has 0 atom stereocenters. The molecule has 2 nitrogen and oxygen atoms in total. The van der Waals surface area contributed by atoms with Crippen molar-refractivity contribution in [2.45, 2.75) is 0 Å². The van der Waals surface area contributed by atoms with Crippen LogP contribution in [0.4, 0.5) is 0 Å². The first kappa shape index (κ1) is 9.99. The Morgan fingerprint density at radius 2 is 1.80 bits per heavy atom. The Kier molecular flexibility index (Phi) is 2.60. The Morgan fingerprint density at radius 1 is 1.13 bits per heavy atom. The van der Waals surface area contributed by atoms with E-state index < -0.39 is 0 Å². The Hall–Kier alpha value is -1.54. The van der Waals surface area contributed by atoms with Crippen LogP contribution in [0.15, 0.2) is 36.4 Å². The molecule has 0 spiro atoms. The molecule has 2 aromatic carbocycles. The highest BCUT2D eigenvalue weighted by Crippen LogP contribution is 2.26. The van der Waals surface area contributed by atoms with Crippen molar-refractivity contribution in [3.8, 4) is 0 Å². The van der Waals surface area contributed by atoms with Gasteiger partial charge in [-0.2, -0.15) is 0 Å². The molecule has 0 unspecified atom stereocenters. The van der Waals surface area contributed by atoms with E-state index in [1.54, 1.807) is 18.2 Å². The Balaban J connectivity index is 2.77. The molecule has 0 saturated heterocycles. The van der Waals surface area contributed by atoms with Gasteiger partial charge in [0.15, 0.2) is 0 Å². The lowest BCUT2D eigenvalue weighted by molar-refractivity contribution is 0.0603. The summed E-state index contributed by atoms with van der Waals surface area (Å²) in [5.41, 5.74) is 0.539. The first-order chi connectivity index (χ1) is 7.24. The lowest BCUT2D eigenvalue weighted by Gasteiger charge is -2.05. The monoisotopic (exact) mass is 220 g/mol. The molecule has 0 bridgehead atoms. The van der Waals surface area contributed by atoms with Crippen LogP contribution in [0.3, 0.4) is 0 Å². The van der Waals surface area contributed by atoms with Crippen molar-refractivity contribution in [1.82, 2.24) is 0 Å². The van der Waals surface area contributed by atoms with Crippen LogP contribution in [0, 0.1) is 0 Å². The van der Waals surface area contributed by atoms with Gasteiger partial charge >= 0.3 is 5.97 Å². The molecule has 0 aromatic heterocycles. The topological polar surface area (TPSA) is 26.3 Å². The third kappa shape index (κ3) is 1.68. The minimum absolute atomic E-state index is 0.345. The second-order valence-electron chi connectivity index (χ2n) is 3.13. The molecule has 0 heterocycles. The predicted octanol–water partition coefficient (Wildman–Crippen LogP) is 3.28. The minimum Gasteiger partial charge on any atom is -0.465 e. The first-order valence-corrected chi connectivity index (χ1v) is 4.87. The van der Waals surface area contributed by atoms with Crippen molar-refractivity contribution >= 4 is 28.3 Å². The summed E-state index contributed by atoms with van der Waals surface area (Å²) in [5, 5.41) is 2.32. The fourth-order valence-corrected chi connectivity index (χ4v) is 1.80. The fourth-order valence-electron chi connectivity index (χ4n) is 1.56. The Labute approximate surface area is 92.4 Å². The maximum Gasteiger partial charge on any atom is 0.338 e. The number of rotatable bonds is 1. The summed E-state index contributed by atoms with van der Waals surface area (Å²) in [6.07, 6.45) is 0. The maximum absolute atomic E-state index is 11.5. The molecule has 0 fully saturated rings. The summed E-state index contributed by atoms with van der Waals surface area (Å²) < 4.78 is 4.70. The molecular weight excluding hydrogens is 212 g/mol. The number of hydrogen-bond donors (Lipinski definition) is 0. The van der Waals surface area contributed by atoms with Crippen molar-refractivity contribution in [2.75, 3.05) is 7.11 Å². The molecule has 0 N–H and O–H groups in total. The van der Waals surface area contributed by atoms with Gasteiger partial charge < -0.3 is 4.74 Å². The van der Waals surface area contributed by atoms with Crippen molar-refractivity contribution in [2.24, 2.45) is 0 Å². The predicted molar refractivity (Wildman–Crippen MR) is 60.3 cm³/mol. The molecule has 76 valence electrons. The van der Waals surface area contributed by atoms with Crippen molar-refractivity contribution in [1.29, 1.82) is 0 Å². The molecular formula is C12H9ClO2. The molecule has 2 aromatic rings. The normalized spacial score (nSPS) is 10.3. The highest BCUT2D eigenvalue weighted by atomic mass is 35.5. The summed E-state index contributed by atoms with van der Waals surface area (Å²) in [5.74, 6) is -0.345. The van der Waals surface area contributed by atoms with Gasteiger partial charge in [-0.1, -0.05) is 35.9 Å². The standard InChI is InChI=1S/C12H9ClO2/c1-15-12(14)10-6-2-5-9-8(10)4-3-7-11(9)13/h2-7H,1H3.